The van der Waals surface area contributed by atoms with Gasteiger partial charge in [0, 0.05) is 10.9 Å². The summed E-state index contributed by atoms with van der Waals surface area (Å²) in [4.78, 5) is 4.55. The third-order valence-electron chi connectivity index (χ3n) is 2.83. The molecule has 2 nitrogen and oxygen atoms in total. The minimum Gasteiger partial charge on any atom is -0.393 e. The van der Waals surface area contributed by atoms with Gasteiger partial charge in [-0.05, 0) is 31.0 Å². The molecule has 1 saturated carbocycles. The molecule has 0 saturated heterocycles. The lowest BCUT2D eigenvalue weighted by atomic mass is 9.83. The zero-order chi connectivity index (χ0) is 10.4. The molecule has 1 N–H and O–H groups in total. The summed E-state index contributed by atoms with van der Waals surface area (Å²) in [6.45, 7) is 0. The highest BCUT2D eigenvalue weighted by molar-refractivity contribution is 7.18. The Morgan fingerprint density at radius 2 is 2.20 bits per heavy atom. The molecule has 1 heterocycles. The fourth-order valence-electron chi connectivity index (χ4n) is 1.88. The molecule has 0 spiro atoms. The van der Waals surface area contributed by atoms with Crippen LogP contribution in [0.1, 0.15) is 23.8 Å². The molecular weight excluding hydrogens is 230 g/mol. The van der Waals surface area contributed by atoms with E-state index in [1.54, 1.807) is 11.3 Å². The highest BCUT2D eigenvalue weighted by Gasteiger charge is 2.30. The van der Waals surface area contributed by atoms with Crippen molar-refractivity contribution in [3.05, 3.63) is 28.2 Å². The van der Waals surface area contributed by atoms with Crippen molar-refractivity contribution in [1.29, 1.82) is 0 Å². The Morgan fingerprint density at radius 3 is 2.93 bits per heavy atom. The van der Waals surface area contributed by atoms with Gasteiger partial charge in [0.05, 0.1) is 21.3 Å². The molecule has 1 aliphatic rings. The molecule has 0 amide bonds. The first-order chi connectivity index (χ1) is 7.22. The number of nitrogens with zero attached hydrogens (tertiary/aromatic N) is 1. The summed E-state index contributed by atoms with van der Waals surface area (Å²) in [7, 11) is 0. The quantitative estimate of drug-likeness (QED) is 0.829. The normalized spacial score (nSPS) is 25.5. The maximum atomic E-state index is 9.25. The number of rotatable bonds is 1. The molecule has 3 rings (SSSR count). The number of fused-ring (bicyclic) bond motifs is 1. The standard InChI is InChI=1S/C11H10ClNOS/c12-7-1-2-10-9(5-7)13-11(15-10)6-3-8(14)4-6/h1-2,5-6,8,14H,3-4H2. The van der Waals surface area contributed by atoms with Gasteiger partial charge in [-0.25, -0.2) is 4.98 Å². The number of aromatic nitrogens is 1. The van der Waals surface area contributed by atoms with E-state index < -0.39 is 0 Å². The van der Waals surface area contributed by atoms with E-state index in [1.807, 2.05) is 18.2 Å². The number of hydrogen-bond donors (Lipinski definition) is 1. The van der Waals surface area contributed by atoms with E-state index in [1.165, 1.54) is 4.70 Å². The van der Waals surface area contributed by atoms with Gasteiger partial charge < -0.3 is 5.11 Å². The summed E-state index contributed by atoms with van der Waals surface area (Å²) in [5.41, 5.74) is 0.976. The van der Waals surface area contributed by atoms with E-state index in [0.29, 0.717) is 5.92 Å². The van der Waals surface area contributed by atoms with Crippen molar-refractivity contribution in [3.63, 3.8) is 0 Å². The summed E-state index contributed by atoms with van der Waals surface area (Å²) >= 11 is 7.61. The minimum atomic E-state index is -0.120. The highest BCUT2D eigenvalue weighted by Crippen LogP contribution is 2.40. The lowest BCUT2D eigenvalue weighted by Gasteiger charge is -2.29. The molecule has 15 heavy (non-hydrogen) atoms. The molecule has 0 aliphatic heterocycles. The maximum absolute atomic E-state index is 9.25. The second kappa shape index (κ2) is 3.44. The average Bonchev–Trinajstić information content (AvgIpc) is 2.55. The van der Waals surface area contributed by atoms with E-state index in [4.69, 9.17) is 11.6 Å². The molecule has 1 aliphatic carbocycles. The van der Waals surface area contributed by atoms with Gasteiger partial charge >= 0.3 is 0 Å². The Bertz CT molecular complexity index is 504. The van der Waals surface area contributed by atoms with Crippen LogP contribution in [0.4, 0.5) is 0 Å². The molecule has 0 bridgehead atoms. The van der Waals surface area contributed by atoms with Crippen molar-refractivity contribution in [2.45, 2.75) is 24.9 Å². The van der Waals surface area contributed by atoms with E-state index in [-0.39, 0.29) is 6.10 Å². The van der Waals surface area contributed by atoms with Crippen LogP contribution in [0.15, 0.2) is 18.2 Å². The fourth-order valence-corrected chi connectivity index (χ4v) is 3.12. The number of thiazole rings is 1. The predicted octanol–water partition coefficient (Wildman–Crippen LogP) is 3.19. The third kappa shape index (κ3) is 1.65. The average molecular weight is 240 g/mol. The maximum Gasteiger partial charge on any atom is 0.0971 e. The van der Waals surface area contributed by atoms with E-state index in [2.05, 4.69) is 4.98 Å². The van der Waals surface area contributed by atoms with Gasteiger partial charge in [0.15, 0.2) is 0 Å². The number of aliphatic hydroxyl groups is 1. The van der Waals surface area contributed by atoms with Crippen LogP contribution in [0, 0.1) is 0 Å². The molecule has 1 aromatic carbocycles. The summed E-state index contributed by atoms with van der Waals surface area (Å²) in [6, 6.07) is 5.79. The lowest BCUT2D eigenvalue weighted by Crippen LogP contribution is -2.26. The molecular formula is C11H10ClNOS. The smallest absolute Gasteiger partial charge is 0.0971 e. The van der Waals surface area contributed by atoms with Crippen molar-refractivity contribution >= 4 is 33.2 Å². The molecule has 78 valence electrons. The van der Waals surface area contributed by atoms with Crippen LogP contribution in [0.25, 0.3) is 10.2 Å². The van der Waals surface area contributed by atoms with Crippen LogP contribution < -0.4 is 0 Å². The van der Waals surface area contributed by atoms with Gasteiger partial charge in [0.2, 0.25) is 0 Å². The van der Waals surface area contributed by atoms with E-state index in [9.17, 15) is 5.11 Å². The molecule has 4 heteroatoms. The Morgan fingerprint density at radius 1 is 1.40 bits per heavy atom. The van der Waals surface area contributed by atoms with Crippen molar-refractivity contribution in [2.75, 3.05) is 0 Å². The first-order valence-corrected chi connectivity index (χ1v) is 6.16. The third-order valence-corrected chi connectivity index (χ3v) is 4.26. The van der Waals surface area contributed by atoms with Crippen LogP contribution in [-0.2, 0) is 0 Å². The zero-order valence-corrected chi connectivity index (χ0v) is 9.55. The van der Waals surface area contributed by atoms with Crippen molar-refractivity contribution in [3.8, 4) is 0 Å². The highest BCUT2D eigenvalue weighted by atomic mass is 35.5. The molecule has 0 atom stereocenters. The number of halogens is 1. The number of benzene rings is 1. The van der Waals surface area contributed by atoms with Crippen LogP contribution in [0.5, 0.6) is 0 Å². The Hall–Kier alpha value is -0.640. The van der Waals surface area contributed by atoms with Crippen LogP contribution in [0.2, 0.25) is 5.02 Å². The van der Waals surface area contributed by atoms with Gasteiger partial charge in [0.1, 0.15) is 0 Å². The first kappa shape index (κ1) is 9.58. The molecule has 1 fully saturated rings. The van der Waals surface area contributed by atoms with Crippen LogP contribution in [-0.4, -0.2) is 16.2 Å². The SMILES string of the molecule is OC1CC(c2nc3cc(Cl)ccc3s2)C1. The van der Waals surface area contributed by atoms with Gasteiger partial charge in [-0.1, -0.05) is 11.6 Å². The Labute approximate surface area is 96.5 Å². The van der Waals surface area contributed by atoms with Crippen LogP contribution in [0.3, 0.4) is 0 Å². The van der Waals surface area contributed by atoms with Gasteiger partial charge in [-0.15, -0.1) is 11.3 Å². The fraction of sp³-hybridized carbons (Fsp3) is 0.364. The molecule has 0 unspecified atom stereocenters. The van der Waals surface area contributed by atoms with Crippen molar-refractivity contribution < 1.29 is 5.11 Å². The first-order valence-electron chi connectivity index (χ1n) is 4.96. The Balaban J connectivity index is 1.99. The van der Waals surface area contributed by atoms with E-state index >= 15 is 0 Å². The van der Waals surface area contributed by atoms with E-state index in [0.717, 1.165) is 28.4 Å². The topological polar surface area (TPSA) is 33.1 Å². The predicted molar refractivity (Wildman–Crippen MR) is 62.6 cm³/mol. The van der Waals surface area contributed by atoms with Crippen LogP contribution >= 0.6 is 22.9 Å². The van der Waals surface area contributed by atoms with Gasteiger partial charge in [0.25, 0.3) is 0 Å². The Kier molecular flexibility index (Phi) is 2.20. The van der Waals surface area contributed by atoms with Gasteiger partial charge in [-0.2, -0.15) is 0 Å². The molecule has 0 radical (unpaired) electrons. The number of aliphatic hydroxyl groups excluding tert-OH is 1. The summed E-state index contributed by atoms with van der Waals surface area (Å²) in [5, 5.41) is 11.1. The summed E-state index contributed by atoms with van der Waals surface area (Å²) in [6.07, 6.45) is 1.59. The summed E-state index contributed by atoms with van der Waals surface area (Å²) in [5.74, 6) is 0.455. The molecule has 2 aromatic rings. The van der Waals surface area contributed by atoms with Gasteiger partial charge in [-0.3, -0.25) is 0 Å². The zero-order valence-electron chi connectivity index (χ0n) is 7.98. The number of hydrogen-bond acceptors (Lipinski definition) is 3. The lowest BCUT2D eigenvalue weighted by molar-refractivity contribution is 0.0746. The second-order valence-electron chi connectivity index (χ2n) is 3.99. The second-order valence-corrected chi connectivity index (χ2v) is 5.48. The molecule has 1 aromatic heterocycles. The van der Waals surface area contributed by atoms with Crippen molar-refractivity contribution in [1.82, 2.24) is 4.98 Å². The minimum absolute atomic E-state index is 0.120. The largest absolute Gasteiger partial charge is 0.393 e. The monoisotopic (exact) mass is 239 g/mol. The van der Waals surface area contributed by atoms with Crippen molar-refractivity contribution in [2.24, 2.45) is 0 Å². The summed E-state index contributed by atoms with van der Waals surface area (Å²) < 4.78 is 1.18.